The Morgan fingerprint density at radius 3 is 2.14 bits per heavy atom. The van der Waals surface area contributed by atoms with Crippen LogP contribution in [-0.4, -0.2) is 0 Å². The molecule has 22 heavy (non-hydrogen) atoms. The summed E-state index contributed by atoms with van der Waals surface area (Å²) in [6, 6.07) is 2.04. The van der Waals surface area contributed by atoms with Crippen LogP contribution in [0, 0.1) is 35.0 Å². The summed E-state index contributed by atoms with van der Waals surface area (Å²) in [4.78, 5) is 0. The smallest absolute Gasteiger partial charge is 0.0912 e. The highest BCUT2D eigenvalue weighted by Gasteiger charge is 2.29. The third-order valence-corrected chi connectivity index (χ3v) is 6.01. The minimum atomic E-state index is 0.750. The van der Waals surface area contributed by atoms with E-state index in [2.05, 4.69) is 19.1 Å². The molecule has 2 aliphatic rings. The van der Waals surface area contributed by atoms with E-state index in [1.807, 2.05) is 12.1 Å². The van der Waals surface area contributed by atoms with Crippen molar-refractivity contribution in [2.45, 2.75) is 77.6 Å². The molecule has 2 rings (SSSR count). The van der Waals surface area contributed by atoms with E-state index in [1.165, 1.54) is 70.6 Å². The van der Waals surface area contributed by atoms with Gasteiger partial charge in [0.15, 0.2) is 0 Å². The minimum Gasteiger partial charge on any atom is -0.193 e. The lowest BCUT2D eigenvalue weighted by Crippen LogP contribution is -2.25. The Balaban J connectivity index is 1.66. The molecule has 122 valence electrons. The molecule has 0 aromatic rings. The molecule has 0 atom stereocenters. The summed E-state index contributed by atoms with van der Waals surface area (Å²) in [6.45, 7) is 2.31. The molecule has 0 unspecified atom stereocenters. The van der Waals surface area contributed by atoms with E-state index in [0.717, 1.165) is 23.7 Å². The first kappa shape index (κ1) is 17.3. The van der Waals surface area contributed by atoms with Gasteiger partial charge in [0, 0.05) is 6.08 Å². The number of unbranched alkanes of at least 4 members (excludes halogenated alkanes) is 1. The predicted molar refractivity (Wildman–Crippen MR) is 94.3 cm³/mol. The maximum Gasteiger partial charge on any atom is 0.0912 e. The Morgan fingerprint density at radius 2 is 1.55 bits per heavy atom. The second-order valence-corrected chi connectivity index (χ2v) is 7.47. The summed E-state index contributed by atoms with van der Waals surface area (Å²) >= 11 is 0. The summed E-state index contributed by atoms with van der Waals surface area (Å²) < 4.78 is 0. The number of nitrogens with zero attached hydrogens (tertiary/aromatic N) is 1. The fourth-order valence-corrected chi connectivity index (χ4v) is 4.57. The normalized spacial score (nSPS) is 33.3. The molecule has 0 aliphatic heterocycles. The van der Waals surface area contributed by atoms with Gasteiger partial charge in [-0.3, -0.25) is 0 Å². The fourth-order valence-electron chi connectivity index (χ4n) is 4.57. The summed E-state index contributed by atoms with van der Waals surface area (Å²) in [7, 11) is 0. The predicted octanol–water partition coefficient (Wildman–Crippen LogP) is 6.43. The van der Waals surface area contributed by atoms with Crippen LogP contribution in [0.5, 0.6) is 0 Å². The summed E-state index contributed by atoms with van der Waals surface area (Å²) in [5, 5.41) is 8.48. The van der Waals surface area contributed by atoms with Gasteiger partial charge in [0.05, 0.1) is 6.07 Å². The third-order valence-electron chi connectivity index (χ3n) is 6.01. The standard InChI is InChI=1S/C21H33N/c1-2-3-7-18-9-13-20(14-10-18)21-15-11-19(12-16-21)8-5-4-6-17-22/h4-6,8,18-21H,2-3,7,9-16H2,1H3/t18-,19?,20-,21?. The van der Waals surface area contributed by atoms with Crippen molar-refractivity contribution in [3.05, 3.63) is 24.3 Å². The molecule has 0 spiro atoms. The van der Waals surface area contributed by atoms with Crippen molar-refractivity contribution < 1.29 is 0 Å². The van der Waals surface area contributed by atoms with Gasteiger partial charge in [-0.05, 0) is 62.2 Å². The van der Waals surface area contributed by atoms with Gasteiger partial charge in [-0.1, -0.05) is 57.3 Å². The molecule has 0 aromatic carbocycles. The summed E-state index contributed by atoms with van der Waals surface area (Å²) in [6.07, 6.45) is 23.7. The summed E-state index contributed by atoms with van der Waals surface area (Å²) in [5.74, 6) is 3.83. The molecule has 0 aromatic heterocycles. The number of nitriles is 1. The lowest BCUT2D eigenvalue weighted by Gasteiger charge is -2.37. The lowest BCUT2D eigenvalue weighted by atomic mass is 9.68. The highest BCUT2D eigenvalue weighted by molar-refractivity contribution is 5.12. The molecule has 1 nitrogen and oxygen atoms in total. The van der Waals surface area contributed by atoms with Crippen molar-refractivity contribution in [1.82, 2.24) is 0 Å². The zero-order chi connectivity index (χ0) is 15.6. The van der Waals surface area contributed by atoms with E-state index < -0.39 is 0 Å². The van der Waals surface area contributed by atoms with E-state index in [-0.39, 0.29) is 0 Å². The second kappa shape index (κ2) is 9.88. The van der Waals surface area contributed by atoms with Crippen LogP contribution in [0.2, 0.25) is 0 Å². The Hall–Kier alpha value is -1.03. The van der Waals surface area contributed by atoms with Crippen LogP contribution in [0.25, 0.3) is 0 Å². The number of hydrogen-bond donors (Lipinski definition) is 0. The zero-order valence-electron chi connectivity index (χ0n) is 14.3. The molecule has 1 heteroatoms. The van der Waals surface area contributed by atoms with Crippen molar-refractivity contribution >= 4 is 0 Å². The molecule has 2 saturated carbocycles. The first-order valence-corrected chi connectivity index (χ1v) is 9.56. The molecule has 0 N–H and O–H groups in total. The van der Waals surface area contributed by atoms with Crippen LogP contribution >= 0.6 is 0 Å². The highest BCUT2D eigenvalue weighted by Crippen LogP contribution is 2.42. The average Bonchev–Trinajstić information content (AvgIpc) is 2.58. The van der Waals surface area contributed by atoms with Gasteiger partial charge in [0.25, 0.3) is 0 Å². The number of allylic oxidation sites excluding steroid dienone is 4. The van der Waals surface area contributed by atoms with Crippen molar-refractivity contribution in [3.63, 3.8) is 0 Å². The van der Waals surface area contributed by atoms with Gasteiger partial charge in [-0.15, -0.1) is 0 Å². The minimum absolute atomic E-state index is 0.750. The molecule has 2 fully saturated rings. The van der Waals surface area contributed by atoms with E-state index in [0.29, 0.717) is 0 Å². The number of hydrogen-bond acceptors (Lipinski definition) is 1. The van der Waals surface area contributed by atoms with Crippen LogP contribution in [0.3, 0.4) is 0 Å². The Bertz CT molecular complexity index is 385. The molecule has 0 bridgehead atoms. The molecule has 0 amide bonds. The topological polar surface area (TPSA) is 23.8 Å². The lowest BCUT2D eigenvalue weighted by molar-refractivity contribution is 0.152. The summed E-state index contributed by atoms with van der Waals surface area (Å²) in [5.41, 5.74) is 0. The Kier molecular flexibility index (Phi) is 7.78. The molecule has 0 heterocycles. The fraction of sp³-hybridized carbons (Fsp3) is 0.762. The average molecular weight is 300 g/mol. The zero-order valence-corrected chi connectivity index (χ0v) is 14.3. The second-order valence-electron chi connectivity index (χ2n) is 7.47. The SMILES string of the molecule is CCCC[C@H]1CC[C@H](C2CCC(C=CC=CC#N)CC2)CC1. The van der Waals surface area contributed by atoms with E-state index in [1.54, 1.807) is 6.08 Å². The van der Waals surface area contributed by atoms with E-state index >= 15 is 0 Å². The van der Waals surface area contributed by atoms with E-state index in [9.17, 15) is 0 Å². The van der Waals surface area contributed by atoms with Gasteiger partial charge in [0.2, 0.25) is 0 Å². The van der Waals surface area contributed by atoms with Crippen LogP contribution < -0.4 is 0 Å². The quantitative estimate of drug-likeness (QED) is 0.410. The van der Waals surface area contributed by atoms with Crippen molar-refractivity contribution in [3.8, 4) is 6.07 Å². The van der Waals surface area contributed by atoms with Gasteiger partial charge >= 0.3 is 0 Å². The van der Waals surface area contributed by atoms with Crippen LogP contribution in [0.15, 0.2) is 24.3 Å². The first-order chi connectivity index (χ1) is 10.8. The number of rotatable bonds is 6. The van der Waals surface area contributed by atoms with Crippen molar-refractivity contribution in [2.75, 3.05) is 0 Å². The van der Waals surface area contributed by atoms with Crippen LogP contribution in [0.1, 0.15) is 77.6 Å². The van der Waals surface area contributed by atoms with Crippen molar-refractivity contribution in [2.24, 2.45) is 23.7 Å². The molecule has 0 saturated heterocycles. The molecule has 0 radical (unpaired) electrons. The third kappa shape index (κ3) is 5.64. The maximum atomic E-state index is 8.48. The van der Waals surface area contributed by atoms with Crippen LogP contribution in [0.4, 0.5) is 0 Å². The largest absolute Gasteiger partial charge is 0.193 e. The Labute approximate surface area is 137 Å². The highest BCUT2D eigenvalue weighted by atomic mass is 14.4. The molecular weight excluding hydrogens is 266 g/mol. The van der Waals surface area contributed by atoms with Gasteiger partial charge in [-0.25, -0.2) is 0 Å². The van der Waals surface area contributed by atoms with Crippen LogP contribution in [-0.2, 0) is 0 Å². The van der Waals surface area contributed by atoms with Crippen molar-refractivity contribution in [1.29, 1.82) is 5.26 Å². The monoisotopic (exact) mass is 299 g/mol. The van der Waals surface area contributed by atoms with E-state index in [4.69, 9.17) is 5.26 Å². The van der Waals surface area contributed by atoms with Gasteiger partial charge < -0.3 is 0 Å². The maximum absolute atomic E-state index is 8.48. The van der Waals surface area contributed by atoms with Gasteiger partial charge in [0.1, 0.15) is 0 Å². The van der Waals surface area contributed by atoms with Gasteiger partial charge in [-0.2, -0.15) is 5.26 Å². The molecular formula is C21H33N. The first-order valence-electron chi connectivity index (χ1n) is 9.56. The molecule has 2 aliphatic carbocycles. The Morgan fingerprint density at radius 1 is 0.909 bits per heavy atom.